The fraction of sp³-hybridized carbons (Fsp3) is 0.792. The van der Waals surface area contributed by atoms with E-state index in [4.69, 9.17) is 18.9 Å². The largest absolute Gasteiger partial charge is 0.545 e. The molecule has 0 aliphatic carbocycles. The number of nitrogens with zero attached hydrogens (tertiary/aromatic N) is 1. The Kier molecular flexibility index (Phi) is 42.9. The van der Waals surface area contributed by atoms with Gasteiger partial charge in [-0.25, -0.2) is 0 Å². The van der Waals surface area contributed by atoms with E-state index in [1.807, 2.05) is 21.1 Å². The molecular weight excluding hydrogens is 779 g/mol. The molecule has 0 saturated heterocycles. The van der Waals surface area contributed by atoms with Crippen molar-refractivity contribution < 1.29 is 42.9 Å². The molecule has 2 atom stereocenters. The maximum atomic E-state index is 12.7. The number of carboxylic acid groups (broad SMARTS) is 1. The van der Waals surface area contributed by atoms with Crippen LogP contribution in [0.1, 0.15) is 213 Å². The van der Waals surface area contributed by atoms with Crippen LogP contribution in [0.5, 0.6) is 0 Å². The molecule has 0 aliphatic heterocycles. The number of hydrogen-bond donors (Lipinski definition) is 0. The van der Waals surface area contributed by atoms with E-state index in [1.165, 1.54) is 116 Å². The van der Waals surface area contributed by atoms with E-state index in [2.05, 4.69) is 62.5 Å². The fourth-order valence-corrected chi connectivity index (χ4v) is 6.94. The predicted molar refractivity (Wildman–Crippen MR) is 255 cm³/mol. The minimum absolute atomic E-state index is 0.149. The van der Waals surface area contributed by atoms with Gasteiger partial charge in [0.1, 0.15) is 13.2 Å². The number of allylic oxidation sites excluding steroid dienone is 8. The van der Waals surface area contributed by atoms with Gasteiger partial charge in [-0.15, -0.1) is 0 Å². The summed E-state index contributed by atoms with van der Waals surface area (Å²) in [4.78, 5) is 36.8. The number of carbonyl (C=O) groups excluding carboxylic acids is 3. The first-order valence-corrected chi connectivity index (χ1v) is 25.3. The smallest absolute Gasteiger partial charge is 0.306 e. The molecule has 0 N–H and O–H groups in total. The summed E-state index contributed by atoms with van der Waals surface area (Å²) in [5.41, 5.74) is 0. The highest BCUT2D eigenvalue weighted by molar-refractivity contribution is 5.70. The highest BCUT2D eigenvalue weighted by atomic mass is 16.7. The molecule has 0 spiro atoms. The highest BCUT2D eigenvalue weighted by Crippen LogP contribution is 2.16. The van der Waals surface area contributed by atoms with Crippen molar-refractivity contribution in [2.24, 2.45) is 0 Å². The van der Waals surface area contributed by atoms with Crippen LogP contribution in [0, 0.1) is 0 Å². The van der Waals surface area contributed by atoms with Gasteiger partial charge >= 0.3 is 11.9 Å². The maximum Gasteiger partial charge on any atom is 0.306 e. The summed E-state index contributed by atoms with van der Waals surface area (Å²) in [5.74, 6) is -2.29. The number of likely N-dealkylation sites (N-methyl/N-ethyl adjacent to an activating group) is 1. The molecule has 9 heteroatoms. The minimum atomic E-state index is -1.62. The van der Waals surface area contributed by atoms with Crippen molar-refractivity contribution in [1.82, 2.24) is 0 Å². The summed E-state index contributed by atoms with van der Waals surface area (Å²) in [7, 11) is 5.90. The van der Waals surface area contributed by atoms with Gasteiger partial charge in [0.25, 0.3) is 0 Å². The lowest BCUT2D eigenvalue weighted by molar-refractivity contribution is -0.870. The molecule has 0 aliphatic rings. The van der Waals surface area contributed by atoms with E-state index >= 15 is 0 Å². The SMILES string of the molecule is CC/C=C\C/C=C\C/C=C\C/C=C\CCCCCCCCCCCCCCCCCCCCC(=O)OC(COC(=O)CCCCCCCC)COC(OCC[N+](C)(C)C)C(=O)[O-]. The van der Waals surface area contributed by atoms with Gasteiger partial charge in [0.15, 0.2) is 12.4 Å². The fourth-order valence-electron chi connectivity index (χ4n) is 6.94. The van der Waals surface area contributed by atoms with Crippen molar-refractivity contribution in [3.63, 3.8) is 0 Å². The average Bonchev–Trinajstić information content (AvgIpc) is 3.23. The van der Waals surface area contributed by atoms with E-state index in [0.717, 1.165) is 64.2 Å². The quantitative estimate of drug-likeness (QED) is 0.0195. The predicted octanol–water partition coefficient (Wildman–Crippen LogP) is 12.6. The van der Waals surface area contributed by atoms with Crippen molar-refractivity contribution in [2.45, 2.75) is 225 Å². The molecule has 0 amide bonds. The van der Waals surface area contributed by atoms with Gasteiger partial charge in [-0.3, -0.25) is 9.59 Å². The number of hydrogen-bond acceptors (Lipinski definition) is 8. The third-order valence-electron chi connectivity index (χ3n) is 10.8. The molecule has 2 unspecified atom stereocenters. The zero-order valence-corrected chi connectivity index (χ0v) is 40.7. The van der Waals surface area contributed by atoms with Crippen molar-refractivity contribution in [2.75, 3.05) is 47.5 Å². The van der Waals surface area contributed by atoms with Crippen LogP contribution in [0.25, 0.3) is 0 Å². The van der Waals surface area contributed by atoms with Gasteiger partial charge in [-0.1, -0.05) is 197 Å². The second-order valence-electron chi connectivity index (χ2n) is 18.1. The van der Waals surface area contributed by atoms with Crippen LogP contribution in [0.2, 0.25) is 0 Å². The Labute approximate surface area is 381 Å². The zero-order valence-electron chi connectivity index (χ0n) is 40.7. The van der Waals surface area contributed by atoms with Crippen LogP contribution in [-0.4, -0.2) is 82.3 Å². The first-order chi connectivity index (χ1) is 30.1. The first kappa shape index (κ1) is 59.2. The molecule has 9 nitrogen and oxygen atoms in total. The Morgan fingerprint density at radius 1 is 0.500 bits per heavy atom. The Morgan fingerprint density at radius 3 is 1.37 bits per heavy atom. The molecule has 0 heterocycles. The first-order valence-electron chi connectivity index (χ1n) is 25.3. The minimum Gasteiger partial charge on any atom is -0.545 e. The number of rotatable bonds is 46. The lowest BCUT2D eigenvalue weighted by Crippen LogP contribution is -2.44. The number of quaternary nitrogens is 1. The molecule has 360 valence electrons. The summed E-state index contributed by atoms with van der Waals surface area (Å²) < 4.78 is 22.5. The summed E-state index contributed by atoms with van der Waals surface area (Å²) in [6.07, 6.45) is 50.6. The van der Waals surface area contributed by atoms with Crippen molar-refractivity contribution >= 4 is 17.9 Å². The lowest BCUT2D eigenvalue weighted by atomic mass is 10.0. The second-order valence-corrected chi connectivity index (χ2v) is 18.1. The van der Waals surface area contributed by atoms with Gasteiger partial charge < -0.3 is 33.3 Å². The number of esters is 2. The number of aliphatic carboxylic acids is 1. The van der Waals surface area contributed by atoms with Crippen LogP contribution in [0.15, 0.2) is 48.6 Å². The Morgan fingerprint density at radius 2 is 0.919 bits per heavy atom. The number of unbranched alkanes of at least 4 members (excludes halogenated alkanes) is 23. The summed E-state index contributed by atoms with van der Waals surface area (Å²) in [6, 6.07) is 0. The van der Waals surface area contributed by atoms with Crippen LogP contribution in [-0.2, 0) is 33.3 Å². The number of ether oxygens (including phenoxy) is 4. The molecule has 0 radical (unpaired) electrons. The van der Waals surface area contributed by atoms with Gasteiger partial charge in [0.2, 0.25) is 0 Å². The molecular formula is C53H95NO8. The van der Waals surface area contributed by atoms with Gasteiger partial charge in [0.05, 0.1) is 40.3 Å². The molecule has 0 saturated carbocycles. The summed E-state index contributed by atoms with van der Waals surface area (Å²) in [5, 5.41) is 11.7. The molecule has 0 aromatic carbocycles. The standard InChI is InChI=1S/C53H95NO8/c1-6-8-10-12-14-15-16-17-18-19-20-21-22-23-24-25-26-27-28-29-30-31-32-33-34-35-36-37-38-40-42-44-51(56)62-49(47-60-50(55)43-41-39-13-11-9-7-2)48-61-53(52(57)58)59-46-45-54(3,4)5/h8,10,14-15,17-18,20-21,49,53H,6-7,9,11-13,16,19,22-48H2,1-5H3/b10-8-,15-14-,18-17-,21-20-. The molecule has 0 aromatic rings. The summed E-state index contributed by atoms with van der Waals surface area (Å²) in [6.45, 7) is 4.57. The van der Waals surface area contributed by atoms with E-state index in [-0.39, 0.29) is 32.2 Å². The number of carbonyl (C=O) groups is 3. The normalized spacial score (nSPS) is 13.2. The lowest BCUT2D eigenvalue weighted by Gasteiger charge is -2.26. The average molecular weight is 874 g/mol. The van der Waals surface area contributed by atoms with Crippen LogP contribution in [0.4, 0.5) is 0 Å². The Balaban J connectivity index is 3.99. The Hall–Kier alpha value is -2.75. The van der Waals surface area contributed by atoms with Crippen molar-refractivity contribution in [3.05, 3.63) is 48.6 Å². The molecule has 0 aromatic heterocycles. The monoisotopic (exact) mass is 874 g/mol. The zero-order chi connectivity index (χ0) is 45.6. The number of carboxylic acids is 1. The molecule has 0 rings (SSSR count). The molecule has 62 heavy (non-hydrogen) atoms. The summed E-state index contributed by atoms with van der Waals surface area (Å²) >= 11 is 0. The molecule has 0 bridgehead atoms. The van der Waals surface area contributed by atoms with Crippen molar-refractivity contribution in [1.29, 1.82) is 0 Å². The van der Waals surface area contributed by atoms with Crippen LogP contribution in [0.3, 0.4) is 0 Å². The van der Waals surface area contributed by atoms with Gasteiger partial charge in [0, 0.05) is 12.8 Å². The van der Waals surface area contributed by atoms with Crippen LogP contribution >= 0.6 is 0 Å². The van der Waals surface area contributed by atoms with E-state index in [9.17, 15) is 19.5 Å². The third-order valence-corrected chi connectivity index (χ3v) is 10.8. The maximum absolute atomic E-state index is 12.7. The highest BCUT2D eigenvalue weighted by Gasteiger charge is 2.21. The Bertz CT molecular complexity index is 1160. The topological polar surface area (TPSA) is 111 Å². The van der Waals surface area contributed by atoms with E-state index in [0.29, 0.717) is 23.9 Å². The van der Waals surface area contributed by atoms with Gasteiger partial charge in [-0.05, 0) is 51.4 Å². The van der Waals surface area contributed by atoms with E-state index in [1.54, 1.807) is 0 Å². The van der Waals surface area contributed by atoms with E-state index < -0.39 is 24.3 Å². The van der Waals surface area contributed by atoms with Crippen molar-refractivity contribution in [3.8, 4) is 0 Å². The van der Waals surface area contributed by atoms with Gasteiger partial charge in [-0.2, -0.15) is 0 Å². The second kappa shape index (κ2) is 44.8. The molecule has 0 fully saturated rings. The third kappa shape index (κ3) is 45.3. The van der Waals surface area contributed by atoms with Crippen LogP contribution < -0.4 is 5.11 Å².